The molecule has 0 aliphatic carbocycles. The normalized spacial score (nSPS) is 27.4. The third kappa shape index (κ3) is 3.76. The van der Waals surface area contributed by atoms with Gasteiger partial charge in [-0.25, -0.2) is 14.6 Å². The largest absolute Gasteiger partial charge is 0.477 e. The third-order valence-electron chi connectivity index (χ3n) is 3.78. The lowest BCUT2D eigenvalue weighted by molar-refractivity contribution is -0.148. The van der Waals surface area contributed by atoms with Gasteiger partial charge in [0.05, 0.1) is 6.61 Å². The molecule has 1 saturated heterocycles. The zero-order valence-electron chi connectivity index (χ0n) is 12.9. The van der Waals surface area contributed by atoms with E-state index in [-0.39, 0.29) is 23.9 Å². The number of aliphatic imine (C=N–C) groups is 1. The van der Waals surface area contributed by atoms with Crippen LogP contribution in [0, 0.1) is 5.92 Å². The number of carboxylic acid groups (broad SMARTS) is 1. The highest BCUT2D eigenvalue weighted by Gasteiger charge is 2.45. The summed E-state index contributed by atoms with van der Waals surface area (Å²) in [5.74, 6) is -2.40. The van der Waals surface area contributed by atoms with Crippen molar-refractivity contribution in [1.29, 1.82) is 0 Å². The standard InChI is InChI=1S/C14H21ClN4O4/c1-2-3-6-23-13(22)14(15)18-10(8-4-5-17-7-8)9(12(20)21)11(16)19-14/h8,17-18H,2-7H2,1H3,(H2,16,19)(H,20,21). The zero-order chi connectivity index (χ0) is 17.0. The molecule has 0 spiro atoms. The first kappa shape index (κ1) is 17.6. The highest BCUT2D eigenvalue weighted by molar-refractivity contribution is 6.35. The fourth-order valence-electron chi connectivity index (χ4n) is 2.56. The van der Waals surface area contributed by atoms with Crippen LogP contribution in [0.4, 0.5) is 0 Å². The Hall–Kier alpha value is -1.80. The van der Waals surface area contributed by atoms with E-state index in [1.165, 1.54) is 0 Å². The molecular formula is C14H21ClN4O4. The van der Waals surface area contributed by atoms with Gasteiger partial charge in [0.25, 0.3) is 0 Å². The van der Waals surface area contributed by atoms with E-state index in [1.54, 1.807) is 0 Å². The molecule has 2 rings (SSSR count). The third-order valence-corrected chi connectivity index (χ3v) is 4.12. The summed E-state index contributed by atoms with van der Waals surface area (Å²) in [6, 6.07) is 0. The summed E-state index contributed by atoms with van der Waals surface area (Å²) in [6.07, 6.45) is 2.28. The molecule has 5 N–H and O–H groups in total. The van der Waals surface area contributed by atoms with Crippen molar-refractivity contribution >= 4 is 29.4 Å². The van der Waals surface area contributed by atoms with E-state index in [4.69, 9.17) is 22.1 Å². The maximum atomic E-state index is 12.2. The van der Waals surface area contributed by atoms with Crippen LogP contribution in [0.1, 0.15) is 26.2 Å². The molecule has 2 aliphatic rings. The first-order valence-electron chi connectivity index (χ1n) is 7.57. The van der Waals surface area contributed by atoms with Crippen molar-refractivity contribution in [2.24, 2.45) is 16.6 Å². The summed E-state index contributed by atoms with van der Waals surface area (Å²) < 4.78 is 5.10. The number of esters is 1. The van der Waals surface area contributed by atoms with E-state index in [0.29, 0.717) is 25.1 Å². The molecule has 0 aromatic carbocycles. The van der Waals surface area contributed by atoms with E-state index >= 15 is 0 Å². The van der Waals surface area contributed by atoms with Gasteiger partial charge >= 0.3 is 17.1 Å². The van der Waals surface area contributed by atoms with E-state index in [1.807, 2.05) is 6.92 Å². The molecule has 2 heterocycles. The summed E-state index contributed by atoms with van der Waals surface area (Å²) in [4.78, 5) is 27.5. The number of carbonyl (C=O) groups is 2. The predicted octanol–water partition coefficient (Wildman–Crippen LogP) is 0.131. The first-order valence-corrected chi connectivity index (χ1v) is 7.95. The number of alkyl halides is 1. The Bertz CT molecular complexity index is 557. The van der Waals surface area contributed by atoms with Crippen molar-refractivity contribution in [2.45, 2.75) is 31.3 Å². The molecular weight excluding hydrogens is 324 g/mol. The monoisotopic (exact) mass is 344 g/mol. The first-order chi connectivity index (χ1) is 10.9. The molecule has 2 atom stereocenters. The van der Waals surface area contributed by atoms with Crippen molar-refractivity contribution in [2.75, 3.05) is 19.7 Å². The van der Waals surface area contributed by atoms with Crippen molar-refractivity contribution < 1.29 is 19.4 Å². The van der Waals surface area contributed by atoms with Crippen LogP contribution in [0.5, 0.6) is 0 Å². The highest BCUT2D eigenvalue weighted by Crippen LogP contribution is 2.30. The quantitative estimate of drug-likeness (QED) is 0.233. The van der Waals surface area contributed by atoms with Gasteiger partial charge in [-0.05, 0) is 19.4 Å². The Morgan fingerprint density at radius 3 is 2.87 bits per heavy atom. The lowest BCUT2D eigenvalue weighted by Crippen LogP contribution is -2.53. The van der Waals surface area contributed by atoms with Crippen molar-refractivity contribution in [3.8, 4) is 0 Å². The Morgan fingerprint density at radius 1 is 1.57 bits per heavy atom. The van der Waals surface area contributed by atoms with Crippen LogP contribution in [0.15, 0.2) is 16.3 Å². The number of hydrogen-bond donors (Lipinski definition) is 4. The van der Waals surface area contributed by atoms with E-state index in [2.05, 4.69) is 15.6 Å². The van der Waals surface area contributed by atoms with Crippen LogP contribution >= 0.6 is 11.6 Å². The van der Waals surface area contributed by atoms with Gasteiger partial charge in [0.1, 0.15) is 11.4 Å². The van der Waals surface area contributed by atoms with Crippen molar-refractivity contribution in [3.63, 3.8) is 0 Å². The number of carbonyl (C=O) groups excluding carboxylic acids is 1. The Morgan fingerprint density at radius 2 is 2.30 bits per heavy atom. The fourth-order valence-corrected chi connectivity index (χ4v) is 2.81. The van der Waals surface area contributed by atoms with Gasteiger partial charge in [0, 0.05) is 18.2 Å². The highest BCUT2D eigenvalue weighted by atomic mass is 35.5. The number of nitrogens with two attached hydrogens (primary N) is 1. The second-order valence-electron chi connectivity index (χ2n) is 5.52. The Balaban J connectivity index is 2.27. The summed E-state index contributed by atoms with van der Waals surface area (Å²) in [5, 5.41) is 13.3. The fraction of sp³-hybridized carbons (Fsp3) is 0.643. The number of rotatable bonds is 6. The molecule has 0 aromatic heterocycles. The number of hydrogen-bond acceptors (Lipinski definition) is 7. The van der Waals surface area contributed by atoms with Crippen LogP contribution in [0.2, 0.25) is 0 Å². The SMILES string of the molecule is CCCCOC(=O)C1(Cl)N=C(N)C(C(=O)O)=C(C2CCNC2)N1. The maximum absolute atomic E-state index is 12.2. The van der Waals surface area contributed by atoms with Crippen molar-refractivity contribution in [3.05, 3.63) is 11.3 Å². The lowest BCUT2D eigenvalue weighted by atomic mass is 9.97. The van der Waals surface area contributed by atoms with E-state index in [9.17, 15) is 14.7 Å². The van der Waals surface area contributed by atoms with Gasteiger partial charge in [-0.2, -0.15) is 0 Å². The molecule has 2 aliphatic heterocycles. The van der Waals surface area contributed by atoms with Gasteiger partial charge in [-0.1, -0.05) is 24.9 Å². The number of nitrogens with zero attached hydrogens (tertiary/aromatic N) is 1. The van der Waals surface area contributed by atoms with Crippen LogP contribution < -0.4 is 16.4 Å². The maximum Gasteiger partial charge on any atom is 0.371 e. The predicted molar refractivity (Wildman–Crippen MR) is 84.8 cm³/mol. The van der Waals surface area contributed by atoms with Gasteiger partial charge in [0.15, 0.2) is 0 Å². The summed E-state index contributed by atoms with van der Waals surface area (Å²) in [5.41, 5.74) is 5.94. The van der Waals surface area contributed by atoms with Gasteiger partial charge in [0.2, 0.25) is 0 Å². The number of ether oxygens (including phenoxy) is 1. The zero-order valence-corrected chi connectivity index (χ0v) is 13.7. The summed E-state index contributed by atoms with van der Waals surface area (Å²) >= 11 is 6.24. The molecule has 9 heteroatoms. The molecule has 0 bridgehead atoms. The van der Waals surface area contributed by atoms with Crippen LogP contribution in [-0.2, 0) is 14.3 Å². The Kier molecular flexibility index (Phi) is 5.48. The molecule has 0 aromatic rings. The second-order valence-corrected chi connectivity index (χ2v) is 6.06. The lowest BCUT2D eigenvalue weighted by Gasteiger charge is -2.32. The summed E-state index contributed by atoms with van der Waals surface area (Å²) in [7, 11) is 0. The molecule has 8 nitrogen and oxygen atoms in total. The number of amidine groups is 1. The molecule has 1 fully saturated rings. The topological polar surface area (TPSA) is 126 Å². The molecule has 0 radical (unpaired) electrons. The number of halogens is 1. The van der Waals surface area contributed by atoms with Crippen molar-refractivity contribution in [1.82, 2.24) is 10.6 Å². The van der Waals surface area contributed by atoms with Crippen LogP contribution in [-0.4, -0.2) is 47.7 Å². The smallest absolute Gasteiger partial charge is 0.371 e. The number of unbranched alkanes of at least 4 members (excludes halogenated alkanes) is 1. The number of nitrogens with one attached hydrogen (secondary N) is 2. The molecule has 128 valence electrons. The Labute approximate surface area is 139 Å². The minimum absolute atomic E-state index is 0.128. The van der Waals surface area contributed by atoms with Crippen LogP contribution in [0.3, 0.4) is 0 Å². The average Bonchev–Trinajstić information content (AvgIpc) is 3.00. The molecule has 0 amide bonds. The van der Waals surface area contributed by atoms with Gasteiger partial charge < -0.3 is 26.2 Å². The second kappa shape index (κ2) is 7.18. The van der Waals surface area contributed by atoms with Gasteiger partial charge in [-0.15, -0.1) is 0 Å². The number of aliphatic carboxylic acids is 1. The number of carboxylic acids is 1. The summed E-state index contributed by atoms with van der Waals surface area (Å²) in [6.45, 7) is 3.50. The van der Waals surface area contributed by atoms with E-state index < -0.39 is 17.1 Å². The molecule has 2 unspecified atom stereocenters. The average molecular weight is 345 g/mol. The molecule has 23 heavy (non-hydrogen) atoms. The minimum atomic E-state index is -1.92. The molecule has 0 saturated carbocycles. The van der Waals surface area contributed by atoms with Crippen LogP contribution in [0.25, 0.3) is 0 Å². The van der Waals surface area contributed by atoms with E-state index in [0.717, 1.165) is 13.0 Å². The minimum Gasteiger partial charge on any atom is -0.477 e. The van der Waals surface area contributed by atoms with Gasteiger partial charge in [-0.3, -0.25) is 0 Å².